The third kappa shape index (κ3) is 3.64. The fraction of sp³-hybridized carbons (Fsp3) is 0.278. The van der Waals surface area contributed by atoms with E-state index in [1.54, 1.807) is 0 Å². The molecule has 0 N–H and O–H groups in total. The van der Waals surface area contributed by atoms with Crippen LogP contribution >= 0.6 is 11.6 Å². The van der Waals surface area contributed by atoms with Gasteiger partial charge in [0.05, 0.1) is 5.71 Å². The van der Waals surface area contributed by atoms with E-state index in [0.717, 1.165) is 22.7 Å². The van der Waals surface area contributed by atoms with E-state index < -0.39 is 0 Å². The summed E-state index contributed by atoms with van der Waals surface area (Å²) in [5.41, 5.74) is 3.55. The summed E-state index contributed by atoms with van der Waals surface area (Å²) in [7, 11) is 0. The predicted octanol–water partition coefficient (Wildman–Crippen LogP) is 5.04. The first-order valence-corrected chi connectivity index (χ1v) is 7.57. The highest BCUT2D eigenvalue weighted by Crippen LogP contribution is 2.48. The van der Waals surface area contributed by atoms with Crippen molar-refractivity contribution in [3.05, 3.63) is 70.7 Å². The Morgan fingerprint density at radius 1 is 1.14 bits per heavy atom. The van der Waals surface area contributed by atoms with E-state index >= 15 is 0 Å². The zero-order chi connectivity index (χ0) is 14.7. The molecule has 0 spiro atoms. The number of hydrogen-bond acceptors (Lipinski definition) is 2. The number of hydrogen-bond donors (Lipinski definition) is 0. The molecule has 2 atom stereocenters. The Balaban J connectivity index is 1.53. The van der Waals surface area contributed by atoms with Gasteiger partial charge in [0.25, 0.3) is 0 Å². The molecule has 2 aromatic rings. The summed E-state index contributed by atoms with van der Waals surface area (Å²) in [6.07, 6.45) is 1.14. The maximum Gasteiger partial charge on any atom is 0.142 e. The lowest BCUT2D eigenvalue weighted by molar-refractivity contribution is 0.129. The third-order valence-corrected chi connectivity index (χ3v) is 4.16. The van der Waals surface area contributed by atoms with Crippen LogP contribution in [0.1, 0.15) is 30.4 Å². The van der Waals surface area contributed by atoms with Gasteiger partial charge in [-0.1, -0.05) is 59.2 Å². The molecule has 108 valence electrons. The molecule has 1 fully saturated rings. The van der Waals surface area contributed by atoms with E-state index in [9.17, 15) is 0 Å². The van der Waals surface area contributed by atoms with Gasteiger partial charge in [-0.05, 0) is 42.5 Å². The van der Waals surface area contributed by atoms with Crippen molar-refractivity contribution in [2.24, 2.45) is 11.1 Å². The molecule has 3 rings (SSSR count). The van der Waals surface area contributed by atoms with Crippen LogP contribution in [0.2, 0.25) is 5.02 Å². The number of halogens is 1. The van der Waals surface area contributed by atoms with Gasteiger partial charge in [0, 0.05) is 10.9 Å². The third-order valence-electron chi connectivity index (χ3n) is 3.91. The number of nitrogens with zero attached hydrogens (tertiary/aromatic N) is 1. The molecule has 0 unspecified atom stereocenters. The van der Waals surface area contributed by atoms with Gasteiger partial charge in [0.15, 0.2) is 0 Å². The molecule has 3 heteroatoms. The van der Waals surface area contributed by atoms with Gasteiger partial charge in [0.1, 0.15) is 6.61 Å². The molecule has 21 heavy (non-hydrogen) atoms. The Bertz CT molecular complexity index is 621. The van der Waals surface area contributed by atoms with E-state index in [1.807, 2.05) is 49.4 Å². The molecule has 2 aromatic carbocycles. The summed E-state index contributed by atoms with van der Waals surface area (Å²) in [5.74, 6) is 1.06. The van der Waals surface area contributed by atoms with Crippen molar-refractivity contribution < 1.29 is 4.84 Å². The molecule has 1 aliphatic rings. The number of rotatable bonds is 5. The summed E-state index contributed by atoms with van der Waals surface area (Å²) in [4.78, 5) is 5.45. The van der Waals surface area contributed by atoms with Crippen molar-refractivity contribution >= 4 is 17.3 Å². The highest BCUT2D eigenvalue weighted by atomic mass is 35.5. The zero-order valence-corrected chi connectivity index (χ0v) is 12.8. The van der Waals surface area contributed by atoms with Gasteiger partial charge < -0.3 is 4.84 Å². The largest absolute Gasteiger partial charge is 0.391 e. The van der Waals surface area contributed by atoms with Gasteiger partial charge in [-0.3, -0.25) is 0 Å². The molecule has 0 aliphatic heterocycles. The predicted molar refractivity (Wildman–Crippen MR) is 86.6 cm³/mol. The van der Waals surface area contributed by atoms with Crippen LogP contribution in [0.15, 0.2) is 59.8 Å². The zero-order valence-electron chi connectivity index (χ0n) is 12.0. The van der Waals surface area contributed by atoms with Gasteiger partial charge >= 0.3 is 0 Å². The minimum Gasteiger partial charge on any atom is -0.391 e. The lowest BCUT2D eigenvalue weighted by atomic mass is 10.1. The number of benzene rings is 2. The normalized spacial score (nSPS) is 21.1. The molecular formula is C18H18ClNO. The smallest absolute Gasteiger partial charge is 0.142 e. The molecule has 1 aliphatic carbocycles. The average molecular weight is 300 g/mol. The summed E-state index contributed by atoms with van der Waals surface area (Å²) < 4.78 is 0. The minimum atomic E-state index is 0.502. The summed E-state index contributed by atoms with van der Waals surface area (Å²) in [6.45, 7) is 2.57. The molecule has 0 bridgehead atoms. The Morgan fingerprint density at radius 2 is 1.86 bits per heavy atom. The molecule has 0 radical (unpaired) electrons. The molecule has 0 saturated heterocycles. The lowest BCUT2D eigenvalue weighted by Crippen LogP contribution is -1.98. The summed E-state index contributed by atoms with van der Waals surface area (Å²) in [5, 5.41) is 5.05. The standard InChI is InChI=1S/C18H18ClNO/c1-13(20-21-12-14-5-3-2-4-6-14)17-11-18(17)15-7-9-16(19)10-8-15/h2-10,17-18H,11-12H2,1H3/t17-,18-/m1/s1. The first-order chi connectivity index (χ1) is 10.2. The van der Waals surface area contributed by atoms with Crippen LogP contribution in [0.3, 0.4) is 0 Å². The molecular weight excluding hydrogens is 282 g/mol. The Labute approximate surface area is 130 Å². The second-order valence-corrected chi connectivity index (χ2v) is 5.93. The quantitative estimate of drug-likeness (QED) is 0.560. The van der Waals surface area contributed by atoms with Gasteiger partial charge in [0.2, 0.25) is 0 Å². The second-order valence-electron chi connectivity index (χ2n) is 5.49. The van der Waals surface area contributed by atoms with Crippen molar-refractivity contribution in [3.8, 4) is 0 Å². The Kier molecular flexibility index (Phi) is 4.26. The van der Waals surface area contributed by atoms with Crippen LogP contribution in [0.25, 0.3) is 0 Å². The molecule has 0 amide bonds. The SMILES string of the molecule is CC(=NOCc1ccccc1)[C@H]1C[C@@H]1c1ccc(Cl)cc1. The van der Waals surface area contributed by atoms with Crippen LogP contribution in [0.4, 0.5) is 0 Å². The van der Waals surface area contributed by atoms with Crippen LogP contribution in [-0.4, -0.2) is 5.71 Å². The fourth-order valence-corrected chi connectivity index (χ4v) is 2.71. The van der Waals surface area contributed by atoms with E-state index in [4.69, 9.17) is 16.4 Å². The maximum absolute atomic E-state index is 5.92. The van der Waals surface area contributed by atoms with E-state index in [2.05, 4.69) is 17.3 Å². The van der Waals surface area contributed by atoms with Gasteiger partial charge in [-0.25, -0.2) is 0 Å². The minimum absolute atomic E-state index is 0.502. The lowest BCUT2D eigenvalue weighted by Gasteiger charge is -2.03. The monoisotopic (exact) mass is 299 g/mol. The van der Waals surface area contributed by atoms with Crippen molar-refractivity contribution in [1.29, 1.82) is 0 Å². The molecule has 2 nitrogen and oxygen atoms in total. The van der Waals surface area contributed by atoms with Gasteiger partial charge in [-0.15, -0.1) is 0 Å². The second kappa shape index (κ2) is 6.31. The van der Waals surface area contributed by atoms with Crippen LogP contribution in [0, 0.1) is 5.92 Å². The van der Waals surface area contributed by atoms with Crippen molar-refractivity contribution in [2.75, 3.05) is 0 Å². The Morgan fingerprint density at radius 3 is 2.57 bits per heavy atom. The van der Waals surface area contributed by atoms with E-state index in [0.29, 0.717) is 18.4 Å². The highest BCUT2D eigenvalue weighted by Gasteiger charge is 2.40. The number of oxime groups is 1. The van der Waals surface area contributed by atoms with E-state index in [1.165, 1.54) is 5.56 Å². The van der Waals surface area contributed by atoms with E-state index in [-0.39, 0.29) is 0 Å². The topological polar surface area (TPSA) is 21.6 Å². The van der Waals surface area contributed by atoms with Crippen molar-refractivity contribution in [1.82, 2.24) is 0 Å². The van der Waals surface area contributed by atoms with Gasteiger partial charge in [-0.2, -0.15) is 0 Å². The van der Waals surface area contributed by atoms with Crippen molar-refractivity contribution in [2.45, 2.75) is 25.9 Å². The van der Waals surface area contributed by atoms with Crippen LogP contribution in [0.5, 0.6) is 0 Å². The van der Waals surface area contributed by atoms with Crippen molar-refractivity contribution in [3.63, 3.8) is 0 Å². The molecule has 1 saturated carbocycles. The first-order valence-electron chi connectivity index (χ1n) is 7.20. The van der Waals surface area contributed by atoms with Crippen LogP contribution < -0.4 is 0 Å². The summed E-state index contributed by atoms with van der Waals surface area (Å²) >= 11 is 5.92. The first kappa shape index (κ1) is 14.2. The Hall–Kier alpha value is -1.80. The maximum atomic E-state index is 5.92. The fourth-order valence-electron chi connectivity index (χ4n) is 2.59. The average Bonchev–Trinajstić information content (AvgIpc) is 3.30. The summed E-state index contributed by atoms with van der Waals surface area (Å²) in [6, 6.07) is 18.2. The van der Waals surface area contributed by atoms with Crippen LogP contribution in [-0.2, 0) is 11.4 Å². The molecule has 0 aromatic heterocycles. The highest BCUT2D eigenvalue weighted by molar-refractivity contribution is 6.30. The molecule has 0 heterocycles.